The number of hydrogen-bond donors (Lipinski definition) is 0. The van der Waals surface area contributed by atoms with Gasteiger partial charge in [0.2, 0.25) is 0 Å². The van der Waals surface area contributed by atoms with Crippen molar-refractivity contribution in [2.45, 2.75) is 6.92 Å². The van der Waals surface area contributed by atoms with E-state index in [1.165, 1.54) is 0 Å². The molecule has 1 aromatic carbocycles. The third-order valence-corrected chi connectivity index (χ3v) is 2.55. The van der Waals surface area contributed by atoms with Crippen LogP contribution in [0.4, 0.5) is 0 Å². The minimum Gasteiger partial charge on any atom is -0.432 e. The van der Waals surface area contributed by atoms with Gasteiger partial charge in [-0.05, 0) is 6.92 Å². The number of fused-ring (bicyclic) bond motifs is 1. The molecule has 0 radical (unpaired) electrons. The topological polar surface area (TPSA) is 30.4 Å². The lowest BCUT2D eigenvalue weighted by Gasteiger charge is -1.97. The van der Waals surface area contributed by atoms with Gasteiger partial charge in [0.25, 0.3) is 0 Å². The fourth-order valence-corrected chi connectivity index (χ4v) is 1.77. The average Bonchev–Trinajstić information content (AvgIpc) is 2.83. The third-order valence-electron chi connectivity index (χ3n) is 2.55. The summed E-state index contributed by atoms with van der Waals surface area (Å²) in [7, 11) is 0. The first-order chi connectivity index (χ1) is 7.36. The van der Waals surface area contributed by atoms with E-state index in [0.717, 1.165) is 17.0 Å². The minimum atomic E-state index is 0.645. The van der Waals surface area contributed by atoms with E-state index < -0.39 is 0 Å². The van der Waals surface area contributed by atoms with Crippen molar-refractivity contribution < 1.29 is 4.42 Å². The highest BCUT2D eigenvalue weighted by Crippen LogP contribution is 2.23. The van der Waals surface area contributed by atoms with Crippen LogP contribution in [0.15, 0.2) is 47.2 Å². The quantitative estimate of drug-likeness (QED) is 0.601. The van der Waals surface area contributed by atoms with Gasteiger partial charge in [-0.3, -0.25) is 4.40 Å². The van der Waals surface area contributed by atoms with Gasteiger partial charge >= 0.3 is 5.84 Å². The molecule has 0 saturated heterocycles. The molecule has 0 bridgehead atoms. The van der Waals surface area contributed by atoms with Gasteiger partial charge in [-0.1, -0.05) is 30.3 Å². The molecule has 0 aliphatic rings. The molecule has 3 rings (SSSR count). The van der Waals surface area contributed by atoms with E-state index in [2.05, 4.69) is 17.1 Å². The molecule has 0 aliphatic heterocycles. The molecular weight excluding hydrogens is 188 g/mol. The number of nitrogens with zero attached hydrogens (tertiary/aromatic N) is 2. The smallest absolute Gasteiger partial charge is 0.306 e. The number of oxazole rings is 1. The van der Waals surface area contributed by atoms with Gasteiger partial charge in [0.05, 0.1) is 11.4 Å². The predicted molar refractivity (Wildman–Crippen MR) is 57.6 cm³/mol. The van der Waals surface area contributed by atoms with E-state index in [1.807, 2.05) is 35.7 Å². The number of aryl methyl sites for hydroxylation is 1. The van der Waals surface area contributed by atoms with E-state index in [1.54, 1.807) is 6.26 Å². The standard InChI is InChI=1S/C12H10N2O/c1-9-11(10-5-3-2-4-6-10)13-12-14(9)7-8-15-12/h2-8H,1H3. The molecule has 3 nitrogen and oxygen atoms in total. The second kappa shape index (κ2) is 2.98. The van der Waals surface area contributed by atoms with Gasteiger partial charge in [0.15, 0.2) is 0 Å². The maximum atomic E-state index is 5.25. The third kappa shape index (κ3) is 1.16. The Morgan fingerprint density at radius 1 is 1.20 bits per heavy atom. The van der Waals surface area contributed by atoms with Crippen LogP contribution in [0, 0.1) is 6.92 Å². The molecule has 0 aliphatic carbocycles. The Morgan fingerprint density at radius 2 is 2.00 bits per heavy atom. The van der Waals surface area contributed by atoms with Gasteiger partial charge in [-0.25, -0.2) is 0 Å². The van der Waals surface area contributed by atoms with Gasteiger partial charge in [0.1, 0.15) is 6.26 Å². The summed E-state index contributed by atoms with van der Waals surface area (Å²) in [5.74, 6) is 0.645. The van der Waals surface area contributed by atoms with Crippen molar-refractivity contribution in [2.24, 2.45) is 0 Å². The molecule has 0 N–H and O–H groups in total. The Balaban J connectivity index is 2.27. The second-order valence-electron chi connectivity index (χ2n) is 3.47. The lowest BCUT2D eigenvalue weighted by Crippen LogP contribution is -1.83. The Kier molecular flexibility index (Phi) is 1.65. The molecule has 0 amide bonds. The molecule has 0 saturated carbocycles. The molecule has 15 heavy (non-hydrogen) atoms. The highest BCUT2D eigenvalue weighted by Gasteiger charge is 2.11. The predicted octanol–water partition coefficient (Wildman–Crippen LogP) is 2.90. The fourth-order valence-electron chi connectivity index (χ4n) is 1.77. The lowest BCUT2D eigenvalue weighted by molar-refractivity contribution is 0.596. The first-order valence-electron chi connectivity index (χ1n) is 4.84. The van der Waals surface area contributed by atoms with Crippen LogP contribution in [-0.2, 0) is 0 Å². The minimum absolute atomic E-state index is 0.645. The van der Waals surface area contributed by atoms with Gasteiger partial charge < -0.3 is 4.42 Å². The molecular formula is C12H10N2O. The molecule has 0 fully saturated rings. The van der Waals surface area contributed by atoms with Gasteiger partial charge in [-0.15, -0.1) is 0 Å². The molecule has 74 valence electrons. The summed E-state index contributed by atoms with van der Waals surface area (Å²) in [5.41, 5.74) is 3.20. The summed E-state index contributed by atoms with van der Waals surface area (Å²) >= 11 is 0. The Morgan fingerprint density at radius 3 is 2.73 bits per heavy atom. The molecule has 0 unspecified atom stereocenters. The lowest BCUT2D eigenvalue weighted by atomic mass is 10.1. The van der Waals surface area contributed by atoms with E-state index >= 15 is 0 Å². The highest BCUT2D eigenvalue weighted by atomic mass is 16.3. The summed E-state index contributed by atoms with van der Waals surface area (Å²) in [6.45, 7) is 2.04. The zero-order valence-electron chi connectivity index (χ0n) is 8.34. The van der Waals surface area contributed by atoms with Crippen molar-refractivity contribution in [3.05, 3.63) is 48.5 Å². The maximum Gasteiger partial charge on any atom is 0.306 e. The van der Waals surface area contributed by atoms with Crippen molar-refractivity contribution >= 4 is 5.84 Å². The first kappa shape index (κ1) is 8.29. The van der Waals surface area contributed by atoms with Crippen LogP contribution in [0.25, 0.3) is 17.1 Å². The van der Waals surface area contributed by atoms with Crippen molar-refractivity contribution in [3.63, 3.8) is 0 Å². The van der Waals surface area contributed by atoms with Crippen LogP contribution >= 0.6 is 0 Å². The van der Waals surface area contributed by atoms with Gasteiger partial charge in [0, 0.05) is 11.8 Å². The zero-order valence-corrected chi connectivity index (χ0v) is 8.34. The molecule has 0 atom stereocenters. The fraction of sp³-hybridized carbons (Fsp3) is 0.0833. The maximum absolute atomic E-state index is 5.25. The molecule has 3 aromatic rings. The van der Waals surface area contributed by atoms with Crippen LogP contribution in [-0.4, -0.2) is 9.38 Å². The summed E-state index contributed by atoms with van der Waals surface area (Å²) in [6.07, 6.45) is 3.52. The number of hydrogen-bond acceptors (Lipinski definition) is 2. The van der Waals surface area contributed by atoms with E-state index in [0.29, 0.717) is 5.84 Å². The van der Waals surface area contributed by atoms with Crippen molar-refractivity contribution in [1.82, 2.24) is 9.38 Å². The monoisotopic (exact) mass is 198 g/mol. The summed E-state index contributed by atoms with van der Waals surface area (Å²) in [6, 6.07) is 10.1. The number of aromatic nitrogens is 2. The number of rotatable bonds is 1. The van der Waals surface area contributed by atoms with Crippen LogP contribution in [0.2, 0.25) is 0 Å². The molecule has 0 spiro atoms. The number of benzene rings is 1. The van der Waals surface area contributed by atoms with Crippen LogP contribution in [0.1, 0.15) is 5.69 Å². The van der Waals surface area contributed by atoms with Crippen molar-refractivity contribution in [3.8, 4) is 11.3 Å². The number of imidazole rings is 1. The van der Waals surface area contributed by atoms with E-state index in [4.69, 9.17) is 4.42 Å². The summed E-state index contributed by atoms with van der Waals surface area (Å²) in [4.78, 5) is 4.44. The van der Waals surface area contributed by atoms with Crippen LogP contribution in [0.3, 0.4) is 0 Å². The summed E-state index contributed by atoms with van der Waals surface area (Å²) in [5, 5.41) is 0. The Hall–Kier alpha value is -2.03. The first-order valence-corrected chi connectivity index (χ1v) is 4.84. The zero-order chi connectivity index (χ0) is 10.3. The molecule has 2 aromatic heterocycles. The second-order valence-corrected chi connectivity index (χ2v) is 3.47. The van der Waals surface area contributed by atoms with Crippen molar-refractivity contribution in [2.75, 3.05) is 0 Å². The van der Waals surface area contributed by atoms with Crippen LogP contribution < -0.4 is 0 Å². The van der Waals surface area contributed by atoms with E-state index in [-0.39, 0.29) is 0 Å². The van der Waals surface area contributed by atoms with Crippen molar-refractivity contribution in [1.29, 1.82) is 0 Å². The Labute approximate surface area is 87.0 Å². The molecule has 2 heterocycles. The normalized spacial score (nSPS) is 11.0. The Bertz CT molecular complexity index is 592. The van der Waals surface area contributed by atoms with E-state index in [9.17, 15) is 0 Å². The van der Waals surface area contributed by atoms with Gasteiger partial charge in [-0.2, -0.15) is 4.98 Å². The largest absolute Gasteiger partial charge is 0.432 e. The summed E-state index contributed by atoms with van der Waals surface area (Å²) < 4.78 is 7.20. The SMILES string of the molecule is Cc1c(-c2ccccc2)nc2occn12. The molecule has 3 heteroatoms. The average molecular weight is 198 g/mol. The highest BCUT2D eigenvalue weighted by molar-refractivity contribution is 5.64. The van der Waals surface area contributed by atoms with Crippen LogP contribution in [0.5, 0.6) is 0 Å².